The average Bonchev–Trinajstić information content (AvgIpc) is 2.81. The summed E-state index contributed by atoms with van der Waals surface area (Å²) in [6.07, 6.45) is 2.33. The molecular formula is C13H17N3OS. The summed E-state index contributed by atoms with van der Waals surface area (Å²) in [5.74, 6) is 0.281. The van der Waals surface area contributed by atoms with Gasteiger partial charge in [-0.1, -0.05) is 11.3 Å². The summed E-state index contributed by atoms with van der Waals surface area (Å²) >= 11 is 1.69. The minimum Gasteiger partial charge on any atom is -0.508 e. The van der Waals surface area contributed by atoms with Gasteiger partial charge in [-0.05, 0) is 38.1 Å². The number of aromatic nitrogens is 1. The van der Waals surface area contributed by atoms with Gasteiger partial charge in [0.25, 0.3) is 0 Å². The minimum atomic E-state index is 0.281. The molecule has 0 atom stereocenters. The second kappa shape index (κ2) is 4.74. The van der Waals surface area contributed by atoms with Crippen LogP contribution < -0.4 is 10.2 Å². The molecule has 1 saturated heterocycles. The van der Waals surface area contributed by atoms with Crippen LogP contribution in [0.1, 0.15) is 12.8 Å². The van der Waals surface area contributed by atoms with Gasteiger partial charge in [0.05, 0.1) is 10.2 Å². The molecule has 1 aliphatic heterocycles. The van der Waals surface area contributed by atoms with E-state index in [1.165, 1.54) is 0 Å². The van der Waals surface area contributed by atoms with Crippen LogP contribution in [0.3, 0.4) is 0 Å². The van der Waals surface area contributed by atoms with E-state index in [0.717, 1.165) is 41.3 Å². The zero-order chi connectivity index (χ0) is 12.5. The van der Waals surface area contributed by atoms with Gasteiger partial charge in [-0.25, -0.2) is 4.98 Å². The van der Waals surface area contributed by atoms with Crippen LogP contribution >= 0.6 is 11.3 Å². The van der Waals surface area contributed by atoms with Crippen molar-refractivity contribution in [3.63, 3.8) is 0 Å². The predicted molar refractivity (Wildman–Crippen MR) is 75.6 cm³/mol. The first-order chi connectivity index (χ1) is 8.74. The van der Waals surface area contributed by atoms with Crippen molar-refractivity contribution in [2.45, 2.75) is 18.9 Å². The number of aromatic hydroxyl groups is 1. The zero-order valence-corrected chi connectivity index (χ0v) is 11.2. The molecule has 0 unspecified atom stereocenters. The van der Waals surface area contributed by atoms with Crippen LogP contribution in [-0.4, -0.2) is 36.3 Å². The molecule has 2 N–H and O–H groups in total. The van der Waals surface area contributed by atoms with Crippen molar-refractivity contribution < 1.29 is 5.11 Å². The molecule has 0 spiro atoms. The lowest BCUT2D eigenvalue weighted by atomic mass is 10.1. The summed E-state index contributed by atoms with van der Waals surface area (Å²) in [6, 6.07) is 5.95. The van der Waals surface area contributed by atoms with Gasteiger partial charge in [0.15, 0.2) is 5.13 Å². The number of hydrogen-bond donors (Lipinski definition) is 2. The maximum absolute atomic E-state index is 9.47. The highest BCUT2D eigenvalue weighted by atomic mass is 32.1. The summed E-state index contributed by atoms with van der Waals surface area (Å²) in [6.45, 7) is 2.17. The maximum Gasteiger partial charge on any atom is 0.186 e. The van der Waals surface area contributed by atoms with Crippen molar-refractivity contribution in [1.82, 2.24) is 10.3 Å². The first-order valence-electron chi connectivity index (χ1n) is 6.27. The van der Waals surface area contributed by atoms with Crippen molar-refractivity contribution in [1.29, 1.82) is 0 Å². The van der Waals surface area contributed by atoms with Crippen molar-refractivity contribution in [3.8, 4) is 5.75 Å². The number of benzene rings is 1. The first kappa shape index (κ1) is 11.7. The van der Waals surface area contributed by atoms with Crippen molar-refractivity contribution in [2.75, 3.05) is 25.0 Å². The van der Waals surface area contributed by atoms with Gasteiger partial charge in [0, 0.05) is 19.2 Å². The Morgan fingerprint density at radius 3 is 2.94 bits per heavy atom. The molecule has 5 heteroatoms. The van der Waals surface area contributed by atoms with E-state index in [9.17, 15) is 5.11 Å². The number of phenols is 1. The molecule has 0 saturated carbocycles. The Kier molecular flexibility index (Phi) is 3.09. The van der Waals surface area contributed by atoms with Gasteiger partial charge in [-0.2, -0.15) is 0 Å². The third-order valence-electron chi connectivity index (χ3n) is 3.52. The van der Waals surface area contributed by atoms with E-state index in [2.05, 4.69) is 22.2 Å². The highest BCUT2D eigenvalue weighted by Gasteiger charge is 2.20. The molecule has 0 bridgehead atoms. The molecule has 1 aromatic heterocycles. The van der Waals surface area contributed by atoms with E-state index in [-0.39, 0.29) is 5.75 Å². The molecule has 1 aromatic carbocycles. The zero-order valence-electron chi connectivity index (χ0n) is 10.4. The molecule has 2 aromatic rings. The third-order valence-corrected chi connectivity index (χ3v) is 4.64. The molecule has 96 valence electrons. The molecule has 2 heterocycles. The van der Waals surface area contributed by atoms with E-state index < -0.39 is 0 Å². The van der Waals surface area contributed by atoms with E-state index >= 15 is 0 Å². The molecule has 0 aliphatic carbocycles. The van der Waals surface area contributed by atoms with Crippen LogP contribution in [0.25, 0.3) is 10.2 Å². The Balaban J connectivity index is 1.88. The summed E-state index contributed by atoms with van der Waals surface area (Å²) in [5, 5.41) is 13.9. The summed E-state index contributed by atoms with van der Waals surface area (Å²) in [4.78, 5) is 6.89. The minimum absolute atomic E-state index is 0.281. The predicted octanol–water partition coefficient (Wildman–Crippen LogP) is 2.19. The molecule has 4 nitrogen and oxygen atoms in total. The number of anilines is 1. The van der Waals surface area contributed by atoms with E-state index in [4.69, 9.17) is 0 Å². The highest BCUT2D eigenvalue weighted by molar-refractivity contribution is 7.22. The molecule has 1 fully saturated rings. The summed E-state index contributed by atoms with van der Waals surface area (Å²) < 4.78 is 1.13. The lowest BCUT2D eigenvalue weighted by Crippen LogP contribution is -2.41. The van der Waals surface area contributed by atoms with Crippen LogP contribution in [0.2, 0.25) is 0 Å². The largest absolute Gasteiger partial charge is 0.508 e. The number of nitrogens with zero attached hydrogens (tertiary/aromatic N) is 2. The fourth-order valence-corrected chi connectivity index (χ4v) is 3.38. The van der Waals surface area contributed by atoms with Crippen molar-refractivity contribution in [3.05, 3.63) is 18.2 Å². The number of nitrogens with one attached hydrogen (secondary N) is 1. The molecule has 3 rings (SSSR count). The normalized spacial score (nSPS) is 17.2. The quantitative estimate of drug-likeness (QED) is 0.872. The van der Waals surface area contributed by atoms with Crippen LogP contribution in [0.5, 0.6) is 5.75 Å². The number of fused-ring (bicyclic) bond motifs is 1. The smallest absolute Gasteiger partial charge is 0.186 e. The lowest BCUT2D eigenvalue weighted by molar-refractivity contribution is 0.443. The van der Waals surface area contributed by atoms with Crippen LogP contribution in [0, 0.1) is 0 Å². The maximum atomic E-state index is 9.47. The van der Waals surface area contributed by atoms with Gasteiger partial charge in [-0.15, -0.1) is 0 Å². The Bertz CT molecular complexity index is 548. The average molecular weight is 263 g/mol. The van der Waals surface area contributed by atoms with Gasteiger partial charge in [0.1, 0.15) is 5.75 Å². The molecular weight excluding hydrogens is 246 g/mol. The highest BCUT2D eigenvalue weighted by Crippen LogP contribution is 2.32. The van der Waals surface area contributed by atoms with Gasteiger partial charge in [0.2, 0.25) is 0 Å². The number of rotatable bonds is 2. The lowest BCUT2D eigenvalue weighted by Gasteiger charge is -2.31. The Hall–Kier alpha value is -1.33. The fourth-order valence-electron chi connectivity index (χ4n) is 2.40. The van der Waals surface area contributed by atoms with Crippen LogP contribution in [0.4, 0.5) is 5.13 Å². The number of thiazole rings is 1. The standard InChI is InChI=1S/C13H17N3OS/c1-16(9-4-6-14-7-5-9)13-15-11-8-10(17)2-3-12(11)18-13/h2-3,8-9,14,17H,4-7H2,1H3. The topological polar surface area (TPSA) is 48.4 Å². The SMILES string of the molecule is CN(c1nc2cc(O)ccc2s1)C1CCNCC1. The summed E-state index contributed by atoms with van der Waals surface area (Å²) in [7, 11) is 2.12. The number of hydrogen-bond acceptors (Lipinski definition) is 5. The fraction of sp³-hybridized carbons (Fsp3) is 0.462. The summed E-state index contributed by atoms with van der Waals surface area (Å²) in [5.41, 5.74) is 0.885. The van der Waals surface area contributed by atoms with Crippen LogP contribution in [0.15, 0.2) is 18.2 Å². The van der Waals surface area contributed by atoms with Gasteiger partial charge >= 0.3 is 0 Å². The van der Waals surface area contributed by atoms with E-state index in [1.54, 1.807) is 23.5 Å². The molecule has 18 heavy (non-hydrogen) atoms. The monoisotopic (exact) mass is 263 g/mol. The number of phenolic OH excluding ortho intramolecular Hbond substituents is 1. The Morgan fingerprint density at radius 2 is 2.17 bits per heavy atom. The van der Waals surface area contributed by atoms with Crippen LogP contribution in [-0.2, 0) is 0 Å². The molecule has 0 radical (unpaired) electrons. The molecule has 0 amide bonds. The Morgan fingerprint density at radius 1 is 1.39 bits per heavy atom. The van der Waals surface area contributed by atoms with Gasteiger partial charge < -0.3 is 15.3 Å². The van der Waals surface area contributed by atoms with E-state index in [1.807, 2.05) is 6.07 Å². The van der Waals surface area contributed by atoms with Crippen molar-refractivity contribution in [2.24, 2.45) is 0 Å². The number of piperidine rings is 1. The first-order valence-corrected chi connectivity index (χ1v) is 7.09. The molecule has 1 aliphatic rings. The van der Waals surface area contributed by atoms with Gasteiger partial charge in [-0.3, -0.25) is 0 Å². The van der Waals surface area contributed by atoms with E-state index in [0.29, 0.717) is 6.04 Å². The third kappa shape index (κ3) is 2.15. The van der Waals surface area contributed by atoms with Crippen molar-refractivity contribution >= 4 is 26.7 Å². The second-order valence-corrected chi connectivity index (χ2v) is 5.75. The second-order valence-electron chi connectivity index (χ2n) is 4.74. The Labute approximate surface area is 110 Å².